The average molecular weight is 334 g/mol. The van der Waals surface area contributed by atoms with Gasteiger partial charge in [-0.1, -0.05) is 31.4 Å². The van der Waals surface area contributed by atoms with E-state index in [2.05, 4.69) is 11.0 Å². The zero-order chi connectivity index (χ0) is 16.1. The maximum atomic E-state index is 12.9. The van der Waals surface area contributed by atoms with Crippen LogP contribution in [-0.4, -0.2) is 53.9 Å². The number of anilines is 1. The summed E-state index contributed by atoms with van der Waals surface area (Å²) >= 11 is 1.82. The van der Waals surface area contributed by atoms with Gasteiger partial charge in [0.05, 0.1) is 18.8 Å². The highest BCUT2D eigenvalue weighted by Gasteiger charge is 2.27. The predicted molar refractivity (Wildman–Crippen MR) is 95.1 cm³/mol. The van der Waals surface area contributed by atoms with Gasteiger partial charge in [-0.2, -0.15) is 0 Å². The molecular formula is C18H26N2O2S. The van der Waals surface area contributed by atoms with E-state index < -0.39 is 0 Å². The molecule has 23 heavy (non-hydrogen) atoms. The molecule has 126 valence electrons. The quantitative estimate of drug-likeness (QED) is 0.899. The maximum Gasteiger partial charge on any atom is 0.241 e. The van der Waals surface area contributed by atoms with Gasteiger partial charge in [-0.3, -0.25) is 9.69 Å². The van der Waals surface area contributed by atoms with E-state index in [1.165, 1.54) is 24.2 Å². The van der Waals surface area contributed by atoms with Crippen LogP contribution in [-0.2, 0) is 4.79 Å². The van der Waals surface area contributed by atoms with Crippen LogP contribution in [0.25, 0.3) is 0 Å². The number of amides is 1. The Balaban J connectivity index is 1.69. The van der Waals surface area contributed by atoms with Crippen molar-refractivity contribution >= 4 is 23.4 Å². The van der Waals surface area contributed by atoms with Gasteiger partial charge in [-0.05, 0) is 25.0 Å². The molecule has 5 heteroatoms. The molecule has 4 nitrogen and oxygen atoms in total. The molecule has 2 aliphatic rings. The van der Waals surface area contributed by atoms with Crippen LogP contribution < -0.4 is 4.90 Å². The van der Waals surface area contributed by atoms with Crippen molar-refractivity contribution in [3.05, 3.63) is 24.3 Å². The summed E-state index contributed by atoms with van der Waals surface area (Å²) in [6, 6.07) is 8.61. The molecule has 1 fully saturated rings. The van der Waals surface area contributed by atoms with Gasteiger partial charge in [0.15, 0.2) is 0 Å². The molecule has 0 aromatic heterocycles. The maximum absolute atomic E-state index is 12.9. The lowest BCUT2D eigenvalue weighted by Gasteiger charge is -2.36. The van der Waals surface area contributed by atoms with E-state index in [4.69, 9.17) is 0 Å². The molecule has 0 spiro atoms. The first kappa shape index (κ1) is 16.8. The van der Waals surface area contributed by atoms with Gasteiger partial charge < -0.3 is 10.0 Å². The van der Waals surface area contributed by atoms with Crippen LogP contribution >= 0.6 is 11.8 Å². The van der Waals surface area contributed by atoms with Crippen molar-refractivity contribution < 1.29 is 9.90 Å². The number of aliphatic hydroxyl groups is 1. The smallest absolute Gasteiger partial charge is 0.241 e. The first-order chi connectivity index (χ1) is 11.3. The Morgan fingerprint density at radius 2 is 2.04 bits per heavy atom. The fraction of sp³-hybridized carbons (Fsp3) is 0.611. The third-order valence-electron chi connectivity index (χ3n) is 4.85. The molecule has 1 heterocycles. The number of carbonyl (C=O) groups is 1. The topological polar surface area (TPSA) is 43.8 Å². The largest absolute Gasteiger partial charge is 0.395 e. The monoisotopic (exact) mass is 334 g/mol. The van der Waals surface area contributed by atoms with Gasteiger partial charge in [0, 0.05) is 29.8 Å². The molecule has 1 aromatic carbocycles. The van der Waals surface area contributed by atoms with Crippen LogP contribution in [0.1, 0.15) is 32.1 Å². The van der Waals surface area contributed by atoms with Crippen LogP contribution in [0.3, 0.4) is 0 Å². The van der Waals surface area contributed by atoms with Crippen LogP contribution in [0.5, 0.6) is 0 Å². The van der Waals surface area contributed by atoms with Crippen LogP contribution in [0, 0.1) is 0 Å². The molecule has 0 saturated heterocycles. The van der Waals surface area contributed by atoms with E-state index in [1.54, 1.807) is 0 Å². The molecule has 1 aromatic rings. The van der Waals surface area contributed by atoms with Gasteiger partial charge in [0.2, 0.25) is 5.91 Å². The number of nitrogens with zero attached hydrogens (tertiary/aromatic N) is 2. The number of benzene rings is 1. The Morgan fingerprint density at radius 1 is 1.26 bits per heavy atom. The summed E-state index contributed by atoms with van der Waals surface area (Å²) in [7, 11) is 0. The van der Waals surface area contributed by atoms with Gasteiger partial charge in [0.1, 0.15) is 0 Å². The Hall–Kier alpha value is -1.04. The summed E-state index contributed by atoms with van der Waals surface area (Å²) < 4.78 is 0. The summed E-state index contributed by atoms with van der Waals surface area (Å²) in [6.07, 6.45) is 6.08. The third kappa shape index (κ3) is 4.08. The Labute approximate surface area is 142 Å². The van der Waals surface area contributed by atoms with Crippen LogP contribution in [0.4, 0.5) is 5.69 Å². The lowest BCUT2D eigenvalue weighted by molar-refractivity contribution is -0.120. The van der Waals surface area contributed by atoms with E-state index in [9.17, 15) is 9.90 Å². The minimum atomic E-state index is 0.121. The number of thioether (sulfide) groups is 1. The van der Waals surface area contributed by atoms with Crippen molar-refractivity contribution in [1.82, 2.24) is 4.90 Å². The van der Waals surface area contributed by atoms with Crippen molar-refractivity contribution in [3.63, 3.8) is 0 Å². The Morgan fingerprint density at radius 3 is 2.83 bits per heavy atom. The van der Waals surface area contributed by atoms with Gasteiger partial charge in [-0.15, -0.1) is 11.8 Å². The number of rotatable bonds is 5. The minimum absolute atomic E-state index is 0.121. The average Bonchev–Trinajstić information content (AvgIpc) is 2.61. The highest BCUT2D eigenvalue weighted by molar-refractivity contribution is 7.99. The van der Waals surface area contributed by atoms with Crippen molar-refractivity contribution in [2.75, 3.05) is 36.9 Å². The number of para-hydroxylation sites is 1. The van der Waals surface area contributed by atoms with E-state index >= 15 is 0 Å². The minimum Gasteiger partial charge on any atom is -0.395 e. The van der Waals surface area contributed by atoms with E-state index in [0.29, 0.717) is 19.1 Å². The molecule has 0 atom stereocenters. The van der Waals surface area contributed by atoms with Crippen molar-refractivity contribution in [2.45, 2.75) is 43.0 Å². The second-order valence-corrected chi connectivity index (χ2v) is 7.48. The van der Waals surface area contributed by atoms with Crippen molar-refractivity contribution in [1.29, 1.82) is 0 Å². The third-order valence-corrected chi connectivity index (χ3v) is 5.89. The van der Waals surface area contributed by atoms with Crippen LogP contribution in [0.2, 0.25) is 0 Å². The summed E-state index contributed by atoms with van der Waals surface area (Å²) in [6.45, 7) is 1.92. The molecule has 1 amide bonds. The van der Waals surface area contributed by atoms with Crippen LogP contribution in [0.15, 0.2) is 29.2 Å². The zero-order valence-electron chi connectivity index (χ0n) is 13.6. The first-order valence-electron chi connectivity index (χ1n) is 8.66. The normalized spacial score (nSPS) is 19.0. The lowest BCUT2D eigenvalue weighted by Crippen LogP contribution is -2.47. The van der Waals surface area contributed by atoms with E-state index in [-0.39, 0.29) is 12.5 Å². The second kappa shape index (κ2) is 8.18. The van der Waals surface area contributed by atoms with Gasteiger partial charge in [0.25, 0.3) is 0 Å². The fourth-order valence-corrected chi connectivity index (χ4v) is 4.65. The first-order valence-corrected chi connectivity index (χ1v) is 9.65. The highest BCUT2D eigenvalue weighted by atomic mass is 32.2. The van der Waals surface area contributed by atoms with E-state index in [0.717, 1.165) is 30.8 Å². The molecule has 1 aliphatic heterocycles. The number of aliphatic hydroxyl groups excluding tert-OH is 1. The number of hydrogen-bond acceptors (Lipinski definition) is 4. The molecule has 3 rings (SSSR count). The van der Waals surface area contributed by atoms with Crippen molar-refractivity contribution in [2.24, 2.45) is 0 Å². The lowest BCUT2D eigenvalue weighted by atomic mass is 9.94. The highest BCUT2D eigenvalue weighted by Crippen LogP contribution is 2.34. The SMILES string of the molecule is O=C(CN(CCO)C1CCCCC1)N1CCSc2ccccc21. The molecule has 1 saturated carbocycles. The standard InChI is InChI=1S/C18H26N2O2S/c21-12-10-19(15-6-2-1-3-7-15)14-18(22)20-11-13-23-17-9-5-4-8-16(17)20/h4-5,8-9,15,21H,1-3,6-7,10-14H2. The Kier molecular flexibility index (Phi) is 5.97. The summed E-state index contributed by atoms with van der Waals surface area (Å²) in [5.74, 6) is 1.11. The molecular weight excluding hydrogens is 308 g/mol. The number of fused-ring (bicyclic) bond motifs is 1. The van der Waals surface area contributed by atoms with Crippen molar-refractivity contribution in [3.8, 4) is 0 Å². The number of hydrogen-bond donors (Lipinski definition) is 1. The molecule has 0 bridgehead atoms. The molecule has 1 N–H and O–H groups in total. The summed E-state index contributed by atoms with van der Waals surface area (Å²) in [5.41, 5.74) is 1.04. The zero-order valence-corrected chi connectivity index (χ0v) is 14.4. The van der Waals surface area contributed by atoms with Gasteiger partial charge >= 0.3 is 0 Å². The molecule has 1 aliphatic carbocycles. The second-order valence-electron chi connectivity index (χ2n) is 6.35. The molecule has 0 radical (unpaired) electrons. The number of carbonyl (C=O) groups excluding carboxylic acids is 1. The Bertz CT molecular complexity index is 532. The summed E-state index contributed by atoms with van der Waals surface area (Å²) in [4.78, 5) is 18.2. The fourth-order valence-electron chi connectivity index (χ4n) is 3.65. The molecule has 0 unspecified atom stereocenters. The van der Waals surface area contributed by atoms with Gasteiger partial charge in [-0.25, -0.2) is 0 Å². The predicted octanol–water partition coefficient (Wildman–Crippen LogP) is 2.75. The van der Waals surface area contributed by atoms with E-state index in [1.807, 2.05) is 34.9 Å². The summed E-state index contributed by atoms with van der Waals surface area (Å²) in [5, 5.41) is 9.38.